The average molecular weight is 397 g/mol. The standard InChI is InChI=1S/C17H20FN3O3S2/c1-21-15-13(12-4-3-10(7-14(12)18)24-26-22-2)9-25-16(15)17(20-21)23-11-5-6-19-8-11/h3-4,7,9,11,17,19-20H,5-6,8H2,1-2H3. The number of hydrogen-bond acceptors (Lipinski definition) is 8. The summed E-state index contributed by atoms with van der Waals surface area (Å²) in [5, 5.41) is 7.20. The molecule has 140 valence electrons. The molecule has 2 atom stereocenters. The van der Waals surface area contributed by atoms with E-state index in [1.165, 1.54) is 13.2 Å². The van der Waals surface area contributed by atoms with Crippen molar-refractivity contribution in [1.29, 1.82) is 0 Å². The highest BCUT2D eigenvalue weighted by Gasteiger charge is 2.34. The Morgan fingerprint density at radius 2 is 2.23 bits per heavy atom. The summed E-state index contributed by atoms with van der Waals surface area (Å²) >= 11 is 2.39. The van der Waals surface area contributed by atoms with E-state index in [9.17, 15) is 4.39 Å². The zero-order chi connectivity index (χ0) is 18.1. The maximum absolute atomic E-state index is 14.7. The van der Waals surface area contributed by atoms with E-state index in [0.717, 1.165) is 48.0 Å². The minimum absolute atomic E-state index is 0.192. The van der Waals surface area contributed by atoms with Gasteiger partial charge in [-0.2, -0.15) is 0 Å². The van der Waals surface area contributed by atoms with E-state index in [-0.39, 0.29) is 18.1 Å². The topological polar surface area (TPSA) is 55.0 Å². The number of nitrogens with one attached hydrogen (secondary N) is 2. The molecule has 1 fully saturated rings. The Morgan fingerprint density at radius 3 is 2.96 bits per heavy atom. The van der Waals surface area contributed by atoms with Crippen molar-refractivity contribution in [2.45, 2.75) is 18.8 Å². The van der Waals surface area contributed by atoms with Crippen LogP contribution in [0.15, 0.2) is 23.6 Å². The highest BCUT2D eigenvalue weighted by atomic mass is 32.2. The SMILES string of the molecule is COSOc1ccc(-c2csc3c2N(C)NC3OC2CCNC2)c(F)c1. The number of benzene rings is 1. The molecule has 26 heavy (non-hydrogen) atoms. The van der Waals surface area contributed by atoms with Gasteiger partial charge in [-0.05, 0) is 25.1 Å². The molecule has 4 rings (SSSR count). The first kappa shape index (κ1) is 18.0. The lowest BCUT2D eigenvalue weighted by atomic mass is 10.1. The van der Waals surface area contributed by atoms with Crippen LogP contribution in [0.3, 0.4) is 0 Å². The van der Waals surface area contributed by atoms with E-state index in [1.54, 1.807) is 23.5 Å². The Morgan fingerprint density at radius 1 is 1.35 bits per heavy atom. The molecule has 2 aliphatic heterocycles. The van der Waals surface area contributed by atoms with Gasteiger partial charge in [0.05, 0.1) is 23.8 Å². The van der Waals surface area contributed by atoms with Gasteiger partial charge in [-0.15, -0.1) is 11.3 Å². The number of nitrogens with zero attached hydrogens (tertiary/aromatic N) is 1. The van der Waals surface area contributed by atoms with Gasteiger partial charge in [-0.1, -0.05) is 0 Å². The van der Waals surface area contributed by atoms with Gasteiger partial charge < -0.3 is 19.2 Å². The summed E-state index contributed by atoms with van der Waals surface area (Å²) in [7, 11) is 3.42. The lowest BCUT2D eigenvalue weighted by Crippen LogP contribution is -2.34. The van der Waals surface area contributed by atoms with Crippen LogP contribution < -0.4 is 19.9 Å². The third-order valence-electron chi connectivity index (χ3n) is 4.45. The molecule has 1 aromatic carbocycles. The van der Waals surface area contributed by atoms with Gasteiger partial charge in [0.25, 0.3) is 0 Å². The van der Waals surface area contributed by atoms with Crippen molar-refractivity contribution in [1.82, 2.24) is 10.7 Å². The van der Waals surface area contributed by atoms with E-state index in [0.29, 0.717) is 11.3 Å². The number of thiophene rings is 1. The van der Waals surface area contributed by atoms with Crippen LogP contribution in [0, 0.1) is 5.82 Å². The minimum atomic E-state index is -0.336. The molecule has 0 amide bonds. The highest BCUT2D eigenvalue weighted by molar-refractivity contribution is 7.90. The fraction of sp³-hybridized carbons (Fsp3) is 0.412. The predicted octanol–water partition coefficient (Wildman–Crippen LogP) is 3.47. The summed E-state index contributed by atoms with van der Waals surface area (Å²) in [6, 6.07) is 4.83. The molecule has 6 nitrogen and oxygen atoms in total. The molecule has 3 heterocycles. The van der Waals surface area contributed by atoms with Crippen molar-refractivity contribution in [3.8, 4) is 16.9 Å². The third-order valence-corrected chi connectivity index (χ3v) is 5.86. The summed E-state index contributed by atoms with van der Waals surface area (Å²) < 4.78 is 30.8. The number of hydrazine groups is 1. The Kier molecular flexibility index (Phi) is 5.35. The second-order valence-electron chi connectivity index (χ2n) is 6.14. The first-order chi connectivity index (χ1) is 12.7. The molecular weight excluding hydrogens is 377 g/mol. The van der Waals surface area contributed by atoms with Crippen molar-refractivity contribution in [2.24, 2.45) is 0 Å². The zero-order valence-corrected chi connectivity index (χ0v) is 16.1. The summed E-state index contributed by atoms with van der Waals surface area (Å²) in [6.45, 7) is 1.85. The quantitative estimate of drug-likeness (QED) is 0.724. The monoisotopic (exact) mass is 397 g/mol. The van der Waals surface area contributed by atoms with Gasteiger partial charge in [0.2, 0.25) is 12.3 Å². The van der Waals surface area contributed by atoms with E-state index in [2.05, 4.69) is 10.7 Å². The fourth-order valence-corrected chi connectivity index (χ4v) is 4.58. The van der Waals surface area contributed by atoms with Crippen molar-refractivity contribution >= 4 is 29.3 Å². The maximum Gasteiger partial charge on any atom is 0.225 e. The molecule has 2 aromatic rings. The van der Waals surface area contributed by atoms with Crippen molar-refractivity contribution in [2.75, 3.05) is 32.3 Å². The average Bonchev–Trinajstić information content (AvgIpc) is 3.34. The predicted molar refractivity (Wildman–Crippen MR) is 102 cm³/mol. The summed E-state index contributed by atoms with van der Waals surface area (Å²) in [5.74, 6) is 0.0731. The summed E-state index contributed by atoms with van der Waals surface area (Å²) in [6.07, 6.45) is 1.01. The van der Waals surface area contributed by atoms with Crippen molar-refractivity contribution in [3.63, 3.8) is 0 Å². The van der Waals surface area contributed by atoms with Crippen LogP contribution in [-0.2, 0) is 8.92 Å². The van der Waals surface area contributed by atoms with Crippen LogP contribution in [0.4, 0.5) is 10.1 Å². The molecule has 0 bridgehead atoms. The van der Waals surface area contributed by atoms with Crippen LogP contribution in [0.2, 0.25) is 0 Å². The smallest absolute Gasteiger partial charge is 0.225 e. The Hall–Kier alpha value is -1.36. The van der Waals surface area contributed by atoms with Crippen molar-refractivity contribution in [3.05, 3.63) is 34.3 Å². The van der Waals surface area contributed by atoms with Gasteiger partial charge in [-0.3, -0.25) is 4.18 Å². The number of rotatable bonds is 6. The van der Waals surface area contributed by atoms with E-state index in [4.69, 9.17) is 13.1 Å². The number of ether oxygens (including phenoxy) is 1. The van der Waals surface area contributed by atoms with Gasteiger partial charge in [-0.25, -0.2) is 9.82 Å². The molecule has 2 N–H and O–H groups in total. The molecule has 0 aliphatic carbocycles. The van der Waals surface area contributed by atoms with Gasteiger partial charge in [0.1, 0.15) is 11.6 Å². The molecule has 0 radical (unpaired) electrons. The van der Waals surface area contributed by atoms with Crippen LogP contribution in [0.5, 0.6) is 5.75 Å². The number of hydrogen-bond donors (Lipinski definition) is 2. The third kappa shape index (κ3) is 3.42. The van der Waals surface area contributed by atoms with E-state index in [1.807, 2.05) is 17.4 Å². The zero-order valence-electron chi connectivity index (χ0n) is 14.5. The van der Waals surface area contributed by atoms with Gasteiger partial charge in [0, 0.05) is 36.2 Å². The fourth-order valence-electron chi connectivity index (χ4n) is 3.26. The van der Waals surface area contributed by atoms with Crippen LogP contribution in [0.1, 0.15) is 17.5 Å². The Bertz CT molecular complexity index is 783. The van der Waals surface area contributed by atoms with Gasteiger partial charge in [0.15, 0.2) is 6.23 Å². The minimum Gasteiger partial charge on any atom is -0.400 e. The van der Waals surface area contributed by atoms with Crippen LogP contribution in [-0.4, -0.2) is 33.4 Å². The normalized spacial score (nSPS) is 22.0. The Labute approximate surface area is 160 Å². The number of anilines is 1. The second kappa shape index (κ2) is 7.71. The maximum atomic E-state index is 14.7. The van der Waals surface area contributed by atoms with Crippen LogP contribution >= 0.6 is 23.7 Å². The van der Waals surface area contributed by atoms with Crippen molar-refractivity contribution < 1.29 is 17.5 Å². The second-order valence-corrected chi connectivity index (χ2v) is 7.69. The molecule has 0 spiro atoms. The number of halogens is 1. The molecule has 1 saturated heterocycles. The molecule has 2 aliphatic rings. The summed E-state index contributed by atoms with van der Waals surface area (Å²) in [5.41, 5.74) is 5.67. The highest BCUT2D eigenvalue weighted by Crippen LogP contribution is 2.46. The molecule has 2 unspecified atom stereocenters. The van der Waals surface area contributed by atoms with E-state index >= 15 is 0 Å². The van der Waals surface area contributed by atoms with E-state index < -0.39 is 0 Å². The first-order valence-electron chi connectivity index (χ1n) is 8.32. The molecule has 0 saturated carbocycles. The lowest BCUT2D eigenvalue weighted by molar-refractivity contribution is -0.0147. The van der Waals surface area contributed by atoms with Crippen LogP contribution in [0.25, 0.3) is 11.1 Å². The first-order valence-corrected chi connectivity index (χ1v) is 9.86. The van der Waals surface area contributed by atoms with Gasteiger partial charge >= 0.3 is 0 Å². The molecule has 1 aromatic heterocycles. The molecule has 9 heteroatoms. The lowest BCUT2D eigenvalue weighted by Gasteiger charge is -2.20. The summed E-state index contributed by atoms with van der Waals surface area (Å²) in [4.78, 5) is 1.07. The number of fused-ring (bicyclic) bond motifs is 1. The molecular formula is C17H20FN3O3S2. The largest absolute Gasteiger partial charge is 0.400 e. The Balaban J connectivity index is 1.59.